The van der Waals surface area contributed by atoms with Crippen LogP contribution in [0.1, 0.15) is 11.1 Å². The van der Waals surface area contributed by atoms with Gasteiger partial charge >= 0.3 is 0 Å². The molecule has 1 nitrogen and oxygen atoms in total. The van der Waals surface area contributed by atoms with Gasteiger partial charge in [0.15, 0.2) is 0 Å². The highest BCUT2D eigenvalue weighted by molar-refractivity contribution is 6.30. The van der Waals surface area contributed by atoms with E-state index in [0.717, 1.165) is 5.56 Å². The van der Waals surface area contributed by atoms with Gasteiger partial charge in [0.25, 0.3) is 0 Å². The maximum Gasteiger partial charge on any atom is 0.127 e. The van der Waals surface area contributed by atoms with Crippen LogP contribution < -0.4 is 4.74 Å². The molecule has 0 N–H and O–H groups in total. The van der Waals surface area contributed by atoms with Crippen molar-refractivity contribution in [3.63, 3.8) is 0 Å². The quantitative estimate of drug-likeness (QED) is 0.733. The Hall–Kier alpha value is -1.25. The fourth-order valence-electron chi connectivity index (χ4n) is 1.53. The Labute approximate surface area is 115 Å². The second-order valence-electron chi connectivity index (χ2n) is 3.84. The minimum atomic E-state index is -0.348. The van der Waals surface area contributed by atoms with Crippen molar-refractivity contribution in [1.29, 1.82) is 0 Å². The molecule has 0 aliphatic rings. The number of alkyl halides is 1. The van der Waals surface area contributed by atoms with Gasteiger partial charge in [0.2, 0.25) is 0 Å². The Balaban J connectivity index is 2.05. The fraction of sp³-hybridized carbons (Fsp3) is 0.143. The Morgan fingerprint density at radius 2 is 1.72 bits per heavy atom. The number of halogens is 3. The molecule has 0 aliphatic heterocycles. The van der Waals surface area contributed by atoms with Crippen LogP contribution in [-0.2, 0) is 12.5 Å². The molecule has 0 bridgehead atoms. The maximum absolute atomic E-state index is 13.2. The molecule has 0 aromatic heterocycles. The van der Waals surface area contributed by atoms with Gasteiger partial charge in [-0.15, -0.1) is 11.6 Å². The molecule has 0 aliphatic carbocycles. The van der Waals surface area contributed by atoms with E-state index < -0.39 is 0 Å². The van der Waals surface area contributed by atoms with Crippen molar-refractivity contribution in [2.24, 2.45) is 0 Å². The molecule has 94 valence electrons. The minimum Gasteiger partial charge on any atom is -0.489 e. The molecule has 0 atom stereocenters. The summed E-state index contributed by atoms with van der Waals surface area (Å²) in [6, 6.07) is 11.8. The zero-order chi connectivity index (χ0) is 13.0. The van der Waals surface area contributed by atoms with Crippen LogP contribution in [0.5, 0.6) is 5.75 Å². The van der Waals surface area contributed by atoms with Crippen molar-refractivity contribution in [3.8, 4) is 5.75 Å². The first kappa shape index (κ1) is 13.2. The van der Waals surface area contributed by atoms with Crippen LogP contribution in [-0.4, -0.2) is 0 Å². The standard InChI is InChI=1S/C14H11Cl2FO/c15-8-11-5-13(17)7-14(6-11)18-9-10-1-3-12(16)4-2-10/h1-7H,8-9H2. The first-order valence-corrected chi connectivity index (χ1v) is 6.31. The van der Waals surface area contributed by atoms with Crippen molar-refractivity contribution >= 4 is 23.2 Å². The van der Waals surface area contributed by atoms with Crippen LogP contribution in [0.2, 0.25) is 5.02 Å². The first-order valence-electron chi connectivity index (χ1n) is 5.40. The second-order valence-corrected chi connectivity index (χ2v) is 4.55. The highest BCUT2D eigenvalue weighted by Gasteiger charge is 2.02. The Morgan fingerprint density at radius 1 is 1.00 bits per heavy atom. The van der Waals surface area contributed by atoms with Crippen molar-refractivity contribution in [1.82, 2.24) is 0 Å². The van der Waals surface area contributed by atoms with Gasteiger partial charge in [-0.25, -0.2) is 4.39 Å². The van der Waals surface area contributed by atoms with Crippen molar-refractivity contribution in [2.45, 2.75) is 12.5 Å². The summed E-state index contributed by atoms with van der Waals surface area (Å²) < 4.78 is 18.8. The Bertz CT molecular complexity index is 526. The maximum atomic E-state index is 13.2. The largest absolute Gasteiger partial charge is 0.489 e. The van der Waals surface area contributed by atoms with Gasteiger partial charge in [0.1, 0.15) is 18.2 Å². The summed E-state index contributed by atoms with van der Waals surface area (Å²) in [6.07, 6.45) is 0. The molecule has 0 spiro atoms. The molecule has 18 heavy (non-hydrogen) atoms. The van der Waals surface area contributed by atoms with Gasteiger partial charge in [0.05, 0.1) is 0 Å². The molecular formula is C14H11Cl2FO. The van der Waals surface area contributed by atoms with Crippen LogP contribution in [0.4, 0.5) is 4.39 Å². The lowest BCUT2D eigenvalue weighted by molar-refractivity contribution is 0.304. The van der Waals surface area contributed by atoms with Gasteiger partial charge in [-0.05, 0) is 35.4 Å². The first-order chi connectivity index (χ1) is 8.67. The molecule has 0 heterocycles. The third-order valence-electron chi connectivity index (χ3n) is 2.40. The van der Waals surface area contributed by atoms with E-state index in [2.05, 4.69) is 0 Å². The van der Waals surface area contributed by atoms with E-state index in [1.54, 1.807) is 18.2 Å². The number of hydrogen-bond donors (Lipinski definition) is 0. The van der Waals surface area contributed by atoms with E-state index in [4.69, 9.17) is 27.9 Å². The summed E-state index contributed by atoms with van der Waals surface area (Å²) in [6.45, 7) is 0.363. The van der Waals surface area contributed by atoms with Gasteiger partial charge in [0, 0.05) is 17.0 Å². The van der Waals surface area contributed by atoms with Crippen molar-refractivity contribution in [3.05, 3.63) is 64.4 Å². The number of benzene rings is 2. The summed E-state index contributed by atoms with van der Waals surface area (Å²) in [4.78, 5) is 0. The van der Waals surface area contributed by atoms with E-state index in [1.807, 2.05) is 12.1 Å². The van der Waals surface area contributed by atoms with E-state index in [9.17, 15) is 4.39 Å². The zero-order valence-corrected chi connectivity index (χ0v) is 11.0. The van der Waals surface area contributed by atoms with Gasteiger partial charge in [-0.2, -0.15) is 0 Å². The van der Waals surface area contributed by atoms with E-state index in [0.29, 0.717) is 22.9 Å². The summed E-state index contributed by atoms with van der Waals surface area (Å²) in [5.41, 5.74) is 1.67. The van der Waals surface area contributed by atoms with Crippen LogP contribution in [0.25, 0.3) is 0 Å². The molecule has 2 aromatic carbocycles. The topological polar surface area (TPSA) is 9.23 Å². The fourth-order valence-corrected chi connectivity index (χ4v) is 1.81. The Morgan fingerprint density at radius 3 is 2.39 bits per heavy atom. The number of hydrogen-bond acceptors (Lipinski definition) is 1. The molecule has 2 aromatic rings. The lowest BCUT2D eigenvalue weighted by Gasteiger charge is -2.08. The number of rotatable bonds is 4. The highest BCUT2D eigenvalue weighted by atomic mass is 35.5. The Kier molecular flexibility index (Phi) is 4.45. The third kappa shape index (κ3) is 3.62. The molecule has 0 unspecified atom stereocenters. The molecule has 0 fully saturated rings. The SMILES string of the molecule is Fc1cc(CCl)cc(OCc2ccc(Cl)cc2)c1. The van der Waals surface area contributed by atoms with Crippen LogP contribution in [0.15, 0.2) is 42.5 Å². The summed E-state index contributed by atoms with van der Waals surface area (Å²) >= 11 is 11.5. The monoisotopic (exact) mass is 284 g/mol. The molecule has 0 amide bonds. The van der Waals surface area contributed by atoms with Crippen molar-refractivity contribution < 1.29 is 9.13 Å². The van der Waals surface area contributed by atoms with Crippen molar-refractivity contribution in [2.75, 3.05) is 0 Å². The predicted molar refractivity (Wildman–Crippen MR) is 71.7 cm³/mol. The average Bonchev–Trinajstić information content (AvgIpc) is 2.37. The van der Waals surface area contributed by atoms with Gasteiger partial charge in [-0.1, -0.05) is 23.7 Å². The highest BCUT2D eigenvalue weighted by Crippen LogP contribution is 2.19. The second kappa shape index (κ2) is 6.07. The third-order valence-corrected chi connectivity index (χ3v) is 2.96. The van der Waals surface area contributed by atoms with Gasteiger partial charge in [-0.3, -0.25) is 0 Å². The average molecular weight is 285 g/mol. The number of ether oxygens (including phenoxy) is 1. The van der Waals surface area contributed by atoms with Crippen LogP contribution in [0, 0.1) is 5.82 Å². The minimum absolute atomic E-state index is 0.259. The molecule has 4 heteroatoms. The summed E-state index contributed by atoms with van der Waals surface area (Å²) in [7, 11) is 0. The lowest BCUT2D eigenvalue weighted by Crippen LogP contribution is -1.96. The van der Waals surface area contributed by atoms with E-state index in [1.165, 1.54) is 12.1 Å². The van der Waals surface area contributed by atoms with E-state index >= 15 is 0 Å². The normalized spacial score (nSPS) is 10.4. The molecular weight excluding hydrogens is 274 g/mol. The zero-order valence-electron chi connectivity index (χ0n) is 9.50. The lowest BCUT2D eigenvalue weighted by atomic mass is 10.2. The summed E-state index contributed by atoms with van der Waals surface area (Å²) in [5.74, 6) is 0.384. The molecule has 0 radical (unpaired) electrons. The molecule has 0 saturated carbocycles. The molecule has 2 rings (SSSR count). The van der Waals surface area contributed by atoms with Crippen LogP contribution in [0.3, 0.4) is 0 Å². The smallest absolute Gasteiger partial charge is 0.127 e. The van der Waals surface area contributed by atoms with Gasteiger partial charge < -0.3 is 4.74 Å². The van der Waals surface area contributed by atoms with E-state index in [-0.39, 0.29) is 11.7 Å². The predicted octanol–water partition coefficient (Wildman–Crippen LogP) is 4.80. The van der Waals surface area contributed by atoms with Crippen LogP contribution >= 0.6 is 23.2 Å². The molecule has 0 saturated heterocycles. The summed E-state index contributed by atoms with van der Waals surface area (Å²) in [5, 5.41) is 0.675.